The highest BCUT2D eigenvalue weighted by atomic mass is 35.5. The molecule has 0 saturated carbocycles. The third-order valence-electron chi connectivity index (χ3n) is 2.09. The van der Waals surface area contributed by atoms with Crippen LogP contribution in [0.5, 0.6) is 0 Å². The molecule has 0 bridgehead atoms. The van der Waals surface area contributed by atoms with Crippen molar-refractivity contribution < 1.29 is 0 Å². The molecule has 0 aliphatic heterocycles. The van der Waals surface area contributed by atoms with Crippen molar-refractivity contribution in [1.29, 1.82) is 0 Å². The van der Waals surface area contributed by atoms with E-state index >= 15 is 0 Å². The quantitative estimate of drug-likeness (QED) is 0.586. The van der Waals surface area contributed by atoms with Gasteiger partial charge in [0.25, 0.3) is 0 Å². The molecular formula is C11H18ClNS. The fourth-order valence-corrected chi connectivity index (χ4v) is 1.94. The summed E-state index contributed by atoms with van der Waals surface area (Å²) in [5.41, 5.74) is 0.205. The lowest BCUT2D eigenvalue weighted by atomic mass is 9.96. The fraction of sp³-hybridized carbons (Fsp3) is 0.636. The Morgan fingerprint density at radius 3 is 2.86 bits per heavy atom. The van der Waals surface area contributed by atoms with Crippen LogP contribution < -0.4 is 5.32 Å². The Balaban J connectivity index is 2.11. The summed E-state index contributed by atoms with van der Waals surface area (Å²) in [6.07, 6.45) is 1.12. The molecule has 1 nitrogen and oxygen atoms in total. The summed E-state index contributed by atoms with van der Waals surface area (Å²) < 4.78 is 0. The summed E-state index contributed by atoms with van der Waals surface area (Å²) >= 11 is 7.65. The van der Waals surface area contributed by atoms with E-state index in [0.717, 1.165) is 19.5 Å². The molecule has 80 valence electrons. The van der Waals surface area contributed by atoms with Gasteiger partial charge in [-0.3, -0.25) is 0 Å². The molecule has 14 heavy (non-hydrogen) atoms. The van der Waals surface area contributed by atoms with Crippen molar-refractivity contribution in [3.8, 4) is 0 Å². The van der Waals surface area contributed by atoms with E-state index in [4.69, 9.17) is 11.6 Å². The van der Waals surface area contributed by atoms with Gasteiger partial charge in [0, 0.05) is 17.3 Å². The largest absolute Gasteiger partial charge is 0.316 e. The summed E-state index contributed by atoms with van der Waals surface area (Å²) in [7, 11) is 0. The molecule has 1 aromatic heterocycles. The van der Waals surface area contributed by atoms with Crippen LogP contribution >= 0.6 is 22.9 Å². The lowest BCUT2D eigenvalue weighted by Gasteiger charge is -2.21. The fourth-order valence-electron chi connectivity index (χ4n) is 1.14. The molecule has 0 aromatic carbocycles. The average Bonchev–Trinajstić information content (AvgIpc) is 2.65. The Bertz CT molecular complexity index is 244. The minimum absolute atomic E-state index is 0.205. The topological polar surface area (TPSA) is 12.0 Å². The molecule has 0 fully saturated rings. The summed E-state index contributed by atoms with van der Waals surface area (Å²) in [5.74, 6) is 0.707. The Kier molecular flexibility index (Phi) is 4.93. The maximum Gasteiger partial charge on any atom is 0.0286 e. The Morgan fingerprint density at radius 1 is 1.50 bits per heavy atom. The summed E-state index contributed by atoms with van der Waals surface area (Å²) in [6.45, 7) is 6.39. The van der Waals surface area contributed by atoms with E-state index in [1.807, 2.05) is 11.3 Å². The zero-order valence-corrected chi connectivity index (χ0v) is 10.4. The lowest BCUT2D eigenvalue weighted by Crippen LogP contribution is -2.31. The predicted molar refractivity (Wildman–Crippen MR) is 65.4 cm³/mol. The van der Waals surface area contributed by atoms with Crippen LogP contribution in [0.4, 0.5) is 0 Å². The maximum atomic E-state index is 5.83. The third kappa shape index (κ3) is 4.45. The Labute approximate surface area is 95.5 Å². The van der Waals surface area contributed by atoms with Gasteiger partial charge < -0.3 is 5.32 Å². The standard InChI is InChI=1S/C11H18ClNS/c1-11(2,8-12)9-13-6-5-10-4-3-7-14-10/h3-4,7,13H,5-6,8-9H2,1-2H3. The second-order valence-electron chi connectivity index (χ2n) is 4.30. The highest BCUT2D eigenvalue weighted by Crippen LogP contribution is 2.15. The number of thiophene rings is 1. The molecule has 0 amide bonds. The highest BCUT2D eigenvalue weighted by molar-refractivity contribution is 7.09. The molecule has 0 spiro atoms. The van der Waals surface area contributed by atoms with Gasteiger partial charge in [0.1, 0.15) is 0 Å². The van der Waals surface area contributed by atoms with Gasteiger partial charge >= 0.3 is 0 Å². The minimum Gasteiger partial charge on any atom is -0.316 e. The second-order valence-corrected chi connectivity index (χ2v) is 5.60. The molecule has 0 aliphatic rings. The summed E-state index contributed by atoms with van der Waals surface area (Å²) in [6, 6.07) is 4.28. The van der Waals surface area contributed by atoms with Crippen LogP contribution in [0, 0.1) is 5.41 Å². The van der Waals surface area contributed by atoms with E-state index in [2.05, 4.69) is 36.7 Å². The van der Waals surface area contributed by atoms with E-state index in [-0.39, 0.29) is 5.41 Å². The van der Waals surface area contributed by atoms with Crippen LogP contribution in [0.3, 0.4) is 0 Å². The van der Waals surface area contributed by atoms with E-state index < -0.39 is 0 Å². The SMILES string of the molecule is CC(C)(CCl)CNCCc1cccs1. The first-order valence-electron chi connectivity index (χ1n) is 4.93. The van der Waals surface area contributed by atoms with Crippen LogP contribution in [0.25, 0.3) is 0 Å². The first kappa shape index (κ1) is 12.0. The molecule has 3 heteroatoms. The highest BCUT2D eigenvalue weighted by Gasteiger charge is 2.14. The smallest absolute Gasteiger partial charge is 0.0286 e. The van der Waals surface area contributed by atoms with Gasteiger partial charge in [-0.1, -0.05) is 19.9 Å². The van der Waals surface area contributed by atoms with Gasteiger partial charge in [-0.2, -0.15) is 0 Å². The van der Waals surface area contributed by atoms with Gasteiger partial charge in [-0.05, 0) is 29.8 Å². The molecule has 0 saturated heterocycles. The van der Waals surface area contributed by atoms with E-state index in [1.165, 1.54) is 4.88 Å². The number of halogens is 1. The molecule has 0 atom stereocenters. The van der Waals surface area contributed by atoms with Crippen LogP contribution in [-0.2, 0) is 6.42 Å². The molecule has 1 rings (SSSR count). The number of hydrogen-bond donors (Lipinski definition) is 1. The molecule has 1 N–H and O–H groups in total. The zero-order valence-electron chi connectivity index (χ0n) is 8.85. The van der Waals surface area contributed by atoms with Gasteiger partial charge in [0.05, 0.1) is 0 Å². The van der Waals surface area contributed by atoms with E-state index in [1.54, 1.807) is 0 Å². The van der Waals surface area contributed by atoms with Crippen LogP contribution in [0.2, 0.25) is 0 Å². The maximum absolute atomic E-state index is 5.83. The van der Waals surface area contributed by atoms with Gasteiger partial charge in [-0.25, -0.2) is 0 Å². The summed E-state index contributed by atoms with van der Waals surface area (Å²) in [5, 5.41) is 5.56. The van der Waals surface area contributed by atoms with Crippen molar-refractivity contribution in [1.82, 2.24) is 5.32 Å². The lowest BCUT2D eigenvalue weighted by molar-refractivity contribution is 0.388. The number of rotatable bonds is 6. The monoisotopic (exact) mass is 231 g/mol. The minimum atomic E-state index is 0.205. The first-order chi connectivity index (χ1) is 6.64. The van der Waals surface area contributed by atoms with Crippen LogP contribution in [0.1, 0.15) is 18.7 Å². The molecule has 1 heterocycles. The van der Waals surface area contributed by atoms with Crippen molar-refractivity contribution in [2.75, 3.05) is 19.0 Å². The van der Waals surface area contributed by atoms with Crippen LogP contribution in [-0.4, -0.2) is 19.0 Å². The molecule has 0 radical (unpaired) electrons. The van der Waals surface area contributed by atoms with Crippen LogP contribution in [0.15, 0.2) is 17.5 Å². The normalized spacial score (nSPS) is 11.9. The average molecular weight is 232 g/mol. The second kappa shape index (κ2) is 5.74. The van der Waals surface area contributed by atoms with Gasteiger partial charge in [0.15, 0.2) is 0 Å². The molecule has 0 aliphatic carbocycles. The Hall–Kier alpha value is -0.0500. The van der Waals surface area contributed by atoms with Crippen molar-refractivity contribution >= 4 is 22.9 Å². The van der Waals surface area contributed by atoms with Crippen molar-refractivity contribution in [2.45, 2.75) is 20.3 Å². The van der Waals surface area contributed by atoms with Gasteiger partial charge in [-0.15, -0.1) is 22.9 Å². The molecule has 0 unspecified atom stereocenters. The molecular weight excluding hydrogens is 214 g/mol. The zero-order chi connectivity index (χ0) is 10.4. The number of alkyl halides is 1. The first-order valence-corrected chi connectivity index (χ1v) is 6.34. The number of nitrogens with one attached hydrogen (secondary N) is 1. The molecule has 1 aromatic rings. The Morgan fingerprint density at radius 2 is 2.29 bits per heavy atom. The van der Waals surface area contributed by atoms with Crippen molar-refractivity contribution in [3.05, 3.63) is 22.4 Å². The van der Waals surface area contributed by atoms with Crippen molar-refractivity contribution in [3.63, 3.8) is 0 Å². The predicted octanol–water partition coefficient (Wildman–Crippen LogP) is 3.15. The van der Waals surface area contributed by atoms with E-state index in [0.29, 0.717) is 5.88 Å². The summed E-state index contributed by atoms with van der Waals surface area (Å²) in [4.78, 5) is 1.45. The number of hydrogen-bond acceptors (Lipinski definition) is 2. The van der Waals surface area contributed by atoms with Gasteiger partial charge in [0.2, 0.25) is 0 Å². The third-order valence-corrected chi connectivity index (χ3v) is 3.75. The van der Waals surface area contributed by atoms with E-state index in [9.17, 15) is 0 Å². The van der Waals surface area contributed by atoms with Crippen molar-refractivity contribution in [2.24, 2.45) is 5.41 Å².